The summed E-state index contributed by atoms with van der Waals surface area (Å²) in [6.07, 6.45) is 2.93. The Labute approximate surface area is 138 Å². The van der Waals surface area contributed by atoms with Crippen molar-refractivity contribution in [2.45, 2.75) is 39.7 Å². The quantitative estimate of drug-likeness (QED) is 0.901. The molecular formula is C19H27FN2O. The summed E-state index contributed by atoms with van der Waals surface area (Å²) < 4.78 is 13.4. The van der Waals surface area contributed by atoms with Crippen LogP contribution in [0.3, 0.4) is 0 Å². The highest BCUT2D eigenvalue weighted by molar-refractivity contribution is 5.85. The Morgan fingerprint density at radius 2 is 2.13 bits per heavy atom. The third-order valence-electron chi connectivity index (χ3n) is 4.42. The Morgan fingerprint density at radius 1 is 1.39 bits per heavy atom. The standard InChI is InChI=1S/C19H27FN2O/c1-14(2)13-21-18(23)19(3,4)22-10-8-15(9-11-22)16-6-5-7-17(20)12-16/h5-8,12,14H,9-11,13H2,1-4H3,(H,21,23). The van der Waals surface area contributed by atoms with Crippen LogP contribution >= 0.6 is 0 Å². The smallest absolute Gasteiger partial charge is 0.239 e. The van der Waals surface area contributed by atoms with E-state index in [0.717, 1.165) is 24.1 Å². The summed E-state index contributed by atoms with van der Waals surface area (Å²) in [6, 6.07) is 6.70. The minimum absolute atomic E-state index is 0.0637. The normalized spacial score (nSPS) is 16.3. The maximum atomic E-state index is 13.4. The summed E-state index contributed by atoms with van der Waals surface area (Å²) in [5, 5.41) is 3.02. The molecule has 126 valence electrons. The van der Waals surface area contributed by atoms with Crippen molar-refractivity contribution in [3.8, 4) is 0 Å². The van der Waals surface area contributed by atoms with Crippen LogP contribution < -0.4 is 5.32 Å². The molecule has 1 amide bonds. The number of benzene rings is 1. The number of hydrogen-bond acceptors (Lipinski definition) is 2. The number of carbonyl (C=O) groups is 1. The average molecular weight is 318 g/mol. The number of carbonyl (C=O) groups excluding carboxylic acids is 1. The summed E-state index contributed by atoms with van der Waals surface area (Å²) in [6.45, 7) is 10.3. The number of amides is 1. The SMILES string of the molecule is CC(C)CNC(=O)C(C)(C)N1CC=C(c2cccc(F)c2)CC1. The van der Waals surface area contributed by atoms with Gasteiger partial charge in [-0.15, -0.1) is 0 Å². The molecule has 0 fully saturated rings. The van der Waals surface area contributed by atoms with Gasteiger partial charge in [-0.3, -0.25) is 9.69 Å². The Hall–Kier alpha value is -1.68. The van der Waals surface area contributed by atoms with E-state index in [0.29, 0.717) is 19.0 Å². The second kappa shape index (κ2) is 7.26. The van der Waals surface area contributed by atoms with Gasteiger partial charge in [0, 0.05) is 19.6 Å². The van der Waals surface area contributed by atoms with E-state index in [1.165, 1.54) is 6.07 Å². The lowest BCUT2D eigenvalue weighted by Crippen LogP contribution is -2.56. The molecule has 1 aromatic carbocycles. The molecule has 1 heterocycles. The Balaban J connectivity index is 2.03. The number of nitrogens with zero attached hydrogens (tertiary/aromatic N) is 1. The molecule has 0 saturated carbocycles. The van der Waals surface area contributed by atoms with Gasteiger partial charge in [0.1, 0.15) is 5.82 Å². The molecule has 2 rings (SSSR count). The second-order valence-corrected chi connectivity index (χ2v) is 7.10. The highest BCUT2D eigenvalue weighted by Crippen LogP contribution is 2.26. The molecule has 0 radical (unpaired) electrons. The first kappa shape index (κ1) is 17.7. The van der Waals surface area contributed by atoms with Crippen molar-refractivity contribution >= 4 is 11.5 Å². The summed E-state index contributed by atoms with van der Waals surface area (Å²) in [5.74, 6) is 0.295. The molecule has 0 bridgehead atoms. The lowest BCUT2D eigenvalue weighted by atomic mass is 9.94. The van der Waals surface area contributed by atoms with Gasteiger partial charge in [0.05, 0.1) is 5.54 Å². The first-order valence-electron chi connectivity index (χ1n) is 8.29. The van der Waals surface area contributed by atoms with Crippen molar-refractivity contribution in [3.63, 3.8) is 0 Å². The monoisotopic (exact) mass is 318 g/mol. The summed E-state index contributed by atoms with van der Waals surface area (Å²) in [7, 11) is 0. The molecule has 4 heteroatoms. The highest BCUT2D eigenvalue weighted by atomic mass is 19.1. The van der Waals surface area contributed by atoms with E-state index in [4.69, 9.17) is 0 Å². The fraction of sp³-hybridized carbons (Fsp3) is 0.526. The molecule has 0 aromatic heterocycles. The van der Waals surface area contributed by atoms with Crippen LogP contribution in [0, 0.1) is 11.7 Å². The van der Waals surface area contributed by atoms with E-state index in [9.17, 15) is 9.18 Å². The summed E-state index contributed by atoms with van der Waals surface area (Å²) >= 11 is 0. The van der Waals surface area contributed by atoms with Gasteiger partial charge in [0.15, 0.2) is 0 Å². The van der Waals surface area contributed by atoms with E-state index in [2.05, 4.69) is 30.1 Å². The summed E-state index contributed by atoms with van der Waals surface area (Å²) in [5.41, 5.74) is 1.55. The average Bonchev–Trinajstić information content (AvgIpc) is 2.52. The summed E-state index contributed by atoms with van der Waals surface area (Å²) in [4.78, 5) is 14.6. The van der Waals surface area contributed by atoms with Crippen LogP contribution in [0.25, 0.3) is 5.57 Å². The Morgan fingerprint density at radius 3 is 2.70 bits per heavy atom. The van der Waals surface area contributed by atoms with Gasteiger partial charge < -0.3 is 5.32 Å². The maximum absolute atomic E-state index is 13.4. The van der Waals surface area contributed by atoms with Crippen molar-refractivity contribution in [3.05, 3.63) is 41.7 Å². The fourth-order valence-corrected chi connectivity index (χ4v) is 2.78. The van der Waals surface area contributed by atoms with Gasteiger partial charge in [-0.05, 0) is 49.5 Å². The minimum Gasteiger partial charge on any atom is -0.354 e. The van der Waals surface area contributed by atoms with Crippen molar-refractivity contribution in [1.82, 2.24) is 10.2 Å². The van der Waals surface area contributed by atoms with Gasteiger partial charge in [-0.2, -0.15) is 0 Å². The molecule has 0 atom stereocenters. The number of halogens is 1. The number of rotatable bonds is 5. The van der Waals surface area contributed by atoms with Crippen LogP contribution in [0.1, 0.15) is 39.7 Å². The van der Waals surface area contributed by atoms with E-state index < -0.39 is 5.54 Å². The molecule has 0 aliphatic carbocycles. The highest BCUT2D eigenvalue weighted by Gasteiger charge is 2.35. The van der Waals surface area contributed by atoms with E-state index in [-0.39, 0.29) is 11.7 Å². The van der Waals surface area contributed by atoms with Crippen molar-refractivity contribution in [1.29, 1.82) is 0 Å². The van der Waals surface area contributed by atoms with Crippen LogP contribution in [0.2, 0.25) is 0 Å². The number of nitrogens with one attached hydrogen (secondary N) is 1. The molecule has 0 unspecified atom stereocenters. The number of hydrogen-bond donors (Lipinski definition) is 1. The lowest BCUT2D eigenvalue weighted by molar-refractivity contribution is -0.131. The van der Waals surface area contributed by atoms with Gasteiger partial charge in [-0.25, -0.2) is 4.39 Å². The second-order valence-electron chi connectivity index (χ2n) is 7.10. The van der Waals surface area contributed by atoms with Crippen molar-refractivity contribution in [2.75, 3.05) is 19.6 Å². The largest absolute Gasteiger partial charge is 0.354 e. The van der Waals surface area contributed by atoms with Crippen LogP contribution in [0.5, 0.6) is 0 Å². The zero-order chi connectivity index (χ0) is 17.0. The van der Waals surface area contributed by atoms with Crippen LogP contribution in [0.4, 0.5) is 4.39 Å². The van der Waals surface area contributed by atoms with Crippen LogP contribution in [-0.2, 0) is 4.79 Å². The first-order chi connectivity index (χ1) is 10.8. The minimum atomic E-state index is -0.543. The molecule has 1 aliphatic rings. The van der Waals surface area contributed by atoms with E-state index >= 15 is 0 Å². The van der Waals surface area contributed by atoms with Gasteiger partial charge in [-0.1, -0.05) is 32.1 Å². The predicted octanol–water partition coefficient (Wildman–Crippen LogP) is 3.47. The molecule has 1 aromatic rings. The predicted molar refractivity (Wildman–Crippen MR) is 92.5 cm³/mol. The fourth-order valence-electron chi connectivity index (χ4n) is 2.78. The maximum Gasteiger partial charge on any atom is 0.239 e. The Bertz CT molecular complexity index is 593. The van der Waals surface area contributed by atoms with Crippen molar-refractivity contribution in [2.24, 2.45) is 5.92 Å². The zero-order valence-electron chi connectivity index (χ0n) is 14.5. The molecule has 1 aliphatic heterocycles. The molecule has 23 heavy (non-hydrogen) atoms. The topological polar surface area (TPSA) is 32.3 Å². The van der Waals surface area contributed by atoms with Crippen molar-refractivity contribution < 1.29 is 9.18 Å². The third kappa shape index (κ3) is 4.41. The third-order valence-corrected chi connectivity index (χ3v) is 4.42. The van der Waals surface area contributed by atoms with Gasteiger partial charge >= 0.3 is 0 Å². The molecular weight excluding hydrogens is 291 g/mol. The van der Waals surface area contributed by atoms with E-state index in [1.807, 2.05) is 19.9 Å². The molecule has 0 spiro atoms. The lowest BCUT2D eigenvalue weighted by Gasteiger charge is -2.39. The Kier molecular flexibility index (Phi) is 5.58. The van der Waals surface area contributed by atoms with Crippen LogP contribution in [-0.4, -0.2) is 36.0 Å². The molecule has 3 nitrogen and oxygen atoms in total. The molecule has 1 N–H and O–H groups in total. The van der Waals surface area contributed by atoms with Gasteiger partial charge in [0.25, 0.3) is 0 Å². The molecule has 0 saturated heterocycles. The first-order valence-corrected chi connectivity index (χ1v) is 8.29. The zero-order valence-corrected chi connectivity index (χ0v) is 14.5. The van der Waals surface area contributed by atoms with Crippen LogP contribution in [0.15, 0.2) is 30.3 Å². The van der Waals surface area contributed by atoms with E-state index in [1.54, 1.807) is 12.1 Å². The van der Waals surface area contributed by atoms with Gasteiger partial charge in [0.2, 0.25) is 5.91 Å².